The maximum absolute atomic E-state index is 10.5. The fourth-order valence-corrected chi connectivity index (χ4v) is 5.12. The molecule has 0 aromatic carbocycles. The summed E-state index contributed by atoms with van der Waals surface area (Å²) in [6.07, 6.45) is 1.77. The predicted octanol–water partition coefficient (Wildman–Crippen LogP) is 1.66. The highest BCUT2D eigenvalue weighted by molar-refractivity contribution is 8.21. The van der Waals surface area contributed by atoms with E-state index in [4.69, 9.17) is 5.11 Å². The van der Waals surface area contributed by atoms with Crippen LogP contribution in [0.1, 0.15) is 12.8 Å². The summed E-state index contributed by atoms with van der Waals surface area (Å²) in [6, 6.07) is 0. The summed E-state index contributed by atoms with van der Waals surface area (Å²) in [6.45, 7) is 0. The molecule has 11 heavy (non-hydrogen) atoms. The van der Waals surface area contributed by atoms with Gasteiger partial charge in [-0.15, -0.1) is 23.5 Å². The van der Waals surface area contributed by atoms with Gasteiger partial charge in [-0.1, -0.05) is 0 Å². The molecular weight excluding hydrogens is 180 g/mol. The van der Waals surface area contributed by atoms with Gasteiger partial charge in [-0.05, 0) is 12.8 Å². The van der Waals surface area contributed by atoms with Gasteiger partial charge in [-0.3, -0.25) is 4.79 Å². The number of carboxylic acid groups (broad SMARTS) is 1. The molecule has 0 unspecified atom stereocenters. The van der Waals surface area contributed by atoms with Gasteiger partial charge in [-0.25, -0.2) is 0 Å². The Bertz CT molecular complexity index is 179. The van der Waals surface area contributed by atoms with Crippen molar-refractivity contribution in [1.82, 2.24) is 0 Å². The number of carbonyl (C=O) groups is 1. The molecule has 2 nitrogen and oxygen atoms in total. The number of hydrogen-bond donors (Lipinski definition) is 1. The lowest BCUT2D eigenvalue weighted by molar-refractivity contribution is -0.144. The van der Waals surface area contributed by atoms with Gasteiger partial charge in [0.05, 0.1) is 10.00 Å². The highest BCUT2D eigenvalue weighted by Gasteiger charge is 2.50. The third-order valence-corrected chi connectivity index (χ3v) is 5.78. The second-order valence-electron chi connectivity index (χ2n) is 3.05. The molecule has 2 rings (SSSR count). The molecule has 0 amide bonds. The van der Waals surface area contributed by atoms with Gasteiger partial charge in [0.25, 0.3) is 0 Å². The number of rotatable bonds is 1. The van der Waals surface area contributed by atoms with Gasteiger partial charge in [0.15, 0.2) is 0 Å². The van der Waals surface area contributed by atoms with Crippen LogP contribution in [0.2, 0.25) is 0 Å². The minimum Gasteiger partial charge on any atom is -0.481 e. The second kappa shape index (κ2) is 2.59. The summed E-state index contributed by atoms with van der Waals surface area (Å²) < 4.78 is 0.322. The molecule has 2 fully saturated rings. The zero-order chi connectivity index (χ0) is 7.90. The van der Waals surface area contributed by atoms with E-state index in [0.29, 0.717) is 4.08 Å². The smallest absolute Gasteiger partial charge is 0.306 e. The Kier molecular flexibility index (Phi) is 1.84. The third kappa shape index (κ3) is 1.26. The lowest BCUT2D eigenvalue weighted by atomic mass is 9.84. The van der Waals surface area contributed by atoms with Gasteiger partial charge < -0.3 is 5.11 Å². The summed E-state index contributed by atoms with van der Waals surface area (Å²) in [5, 5.41) is 8.66. The molecule has 2 aliphatic rings. The standard InChI is InChI=1S/C7H10O2S2/c8-6(9)5-3-7(4-5)10-1-2-11-7/h5H,1-4H2,(H,8,9). The largest absolute Gasteiger partial charge is 0.481 e. The monoisotopic (exact) mass is 190 g/mol. The van der Waals surface area contributed by atoms with E-state index in [2.05, 4.69) is 0 Å². The van der Waals surface area contributed by atoms with Crippen molar-refractivity contribution in [3.63, 3.8) is 0 Å². The molecule has 1 heterocycles. The summed E-state index contributed by atoms with van der Waals surface area (Å²) in [5.74, 6) is 1.76. The lowest BCUT2D eigenvalue weighted by Crippen LogP contribution is -2.40. The number of carboxylic acids is 1. The molecule has 62 valence electrons. The van der Waals surface area contributed by atoms with Crippen LogP contribution in [0.5, 0.6) is 0 Å². The van der Waals surface area contributed by atoms with Gasteiger partial charge >= 0.3 is 5.97 Å². The van der Waals surface area contributed by atoms with E-state index in [1.807, 2.05) is 23.5 Å². The summed E-state index contributed by atoms with van der Waals surface area (Å²) in [4.78, 5) is 10.5. The normalized spacial score (nSPS) is 28.7. The Morgan fingerprint density at radius 3 is 2.36 bits per heavy atom. The first kappa shape index (κ1) is 7.80. The molecule has 0 aromatic rings. The van der Waals surface area contributed by atoms with Crippen LogP contribution in [-0.4, -0.2) is 26.7 Å². The van der Waals surface area contributed by atoms with Crippen LogP contribution in [0.15, 0.2) is 0 Å². The van der Waals surface area contributed by atoms with E-state index in [-0.39, 0.29) is 5.92 Å². The van der Waals surface area contributed by atoms with Crippen molar-refractivity contribution in [3.8, 4) is 0 Å². The van der Waals surface area contributed by atoms with E-state index < -0.39 is 5.97 Å². The molecular formula is C7H10O2S2. The molecule has 0 bridgehead atoms. The lowest BCUT2D eigenvalue weighted by Gasteiger charge is -2.41. The van der Waals surface area contributed by atoms with Crippen LogP contribution in [0.25, 0.3) is 0 Å². The van der Waals surface area contributed by atoms with Crippen molar-refractivity contribution in [2.75, 3.05) is 11.5 Å². The molecule has 0 radical (unpaired) electrons. The van der Waals surface area contributed by atoms with E-state index in [1.165, 1.54) is 11.5 Å². The minimum absolute atomic E-state index is 0.0481. The Hall–Kier alpha value is 0.170. The van der Waals surface area contributed by atoms with Crippen molar-refractivity contribution in [1.29, 1.82) is 0 Å². The van der Waals surface area contributed by atoms with Crippen molar-refractivity contribution in [2.24, 2.45) is 5.92 Å². The molecule has 1 aliphatic heterocycles. The average Bonchev–Trinajstić information content (AvgIpc) is 2.29. The fourth-order valence-electron chi connectivity index (χ4n) is 1.60. The van der Waals surface area contributed by atoms with Crippen molar-refractivity contribution >= 4 is 29.5 Å². The van der Waals surface area contributed by atoms with E-state index >= 15 is 0 Å². The first-order valence-electron chi connectivity index (χ1n) is 3.73. The van der Waals surface area contributed by atoms with Crippen LogP contribution in [0, 0.1) is 5.92 Å². The van der Waals surface area contributed by atoms with Gasteiger partial charge in [0.2, 0.25) is 0 Å². The topological polar surface area (TPSA) is 37.3 Å². The highest BCUT2D eigenvalue weighted by Crippen LogP contribution is 2.59. The molecule has 1 aliphatic carbocycles. The van der Waals surface area contributed by atoms with Crippen LogP contribution in [0.3, 0.4) is 0 Å². The molecule has 4 heteroatoms. The summed E-state index contributed by atoms with van der Waals surface area (Å²) in [7, 11) is 0. The quantitative estimate of drug-likeness (QED) is 0.682. The predicted molar refractivity (Wildman–Crippen MR) is 48.0 cm³/mol. The van der Waals surface area contributed by atoms with Crippen LogP contribution < -0.4 is 0 Å². The number of thioether (sulfide) groups is 2. The number of hydrogen-bond acceptors (Lipinski definition) is 3. The maximum atomic E-state index is 10.5. The molecule has 0 aromatic heterocycles. The zero-order valence-electron chi connectivity index (χ0n) is 6.08. The van der Waals surface area contributed by atoms with Crippen LogP contribution >= 0.6 is 23.5 Å². The minimum atomic E-state index is -0.608. The zero-order valence-corrected chi connectivity index (χ0v) is 7.71. The van der Waals surface area contributed by atoms with Gasteiger partial charge in [0.1, 0.15) is 0 Å². The molecule has 0 atom stereocenters. The summed E-state index contributed by atoms with van der Waals surface area (Å²) in [5.41, 5.74) is 0. The second-order valence-corrected chi connectivity index (χ2v) is 6.27. The Labute approximate surface area is 74.1 Å². The average molecular weight is 190 g/mol. The fraction of sp³-hybridized carbons (Fsp3) is 0.857. The Morgan fingerprint density at radius 1 is 1.36 bits per heavy atom. The number of aliphatic carboxylic acids is 1. The molecule has 1 saturated heterocycles. The van der Waals surface area contributed by atoms with Crippen LogP contribution in [0.4, 0.5) is 0 Å². The van der Waals surface area contributed by atoms with Gasteiger partial charge in [-0.2, -0.15) is 0 Å². The van der Waals surface area contributed by atoms with Crippen LogP contribution in [-0.2, 0) is 4.79 Å². The molecule has 1 N–H and O–H groups in total. The SMILES string of the molecule is O=C(O)C1CC2(C1)SCCS2. The molecule has 1 saturated carbocycles. The van der Waals surface area contributed by atoms with E-state index in [0.717, 1.165) is 12.8 Å². The van der Waals surface area contributed by atoms with Gasteiger partial charge in [0, 0.05) is 11.5 Å². The first-order valence-corrected chi connectivity index (χ1v) is 5.70. The highest BCUT2D eigenvalue weighted by atomic mass is 32.2. The summed E-state index contributed by atoms with van der Waals surface area (Å²) >= 11 is 3.90. The third-order valence-electron chi connectivity index (χ3n) is 2.28. The molecule has 1 spiro atoms. The Morgan fingerprint density at radius 2 is 1.91 bits per heavy atom. The Balaban J connectivity index is 1.91. The van der Waals surface area contributed by atoms with Crippen molar-refractivity contribution in [3.05, 3.63) is 0 Å². The van der Waals surface area contributed by atoms with E-state index in [1.54, 1.807) is 0 Å². The van der Waals surface area contributed by atoms with E-state index in [9.17, 15) is 4.79 Å². The first-order chi connectivity index (χ1) is 5.22. The maximum Gasteiger partial charge on any atom is 0.306 e. The van der Waals surface area contributed by atoms with Crippen molar-refractivity contribution in [2.45, 2.75) is 16.9 Å². The van der Waals surface area contributed by atoms with Crippen molar-refractivity contribution < 1.29 is 9.90 Å².